The summed E-state index contributed by atoms with van der Waals surface area (Å²) in [6.07, 6.45) is 1.88. The summed E-state index contributed by atoms with van der Waals surface area (Å²) in [7, 11) is 0. The van der Waals surface area contributed by atoms with Gasteiger partial charge < -0.3 is 19.1 Å². The van der Waals surface area contributed by atoms with E-state index in [-0.39, 0.29) is 21.1 Å². The van der Waals surface area contributed by atoms with E-state index in [1.54, 1.807) is 0 Å². The fourth-order valence-corrected chi connectivity index (χ4v) is 10.7. The molecule has 2 aromatic heterocycles. The van der Waals surface area contributed by atoms with Crippen LogP contribution in [-0.2, 0) is 26.5 Å². The van der Waals surface area contributed by atoms with E-state index >= 15 is 0 Å². The molecule has 0 bridgehead atoms. The van der Waals surface area contributed by atoms with Gasteiger partial charge in [0.15, 0.2) is 0 Å². The van der Waals surface area contributed by atoms with Crippen molar-refractivity contribution < 1.29 is 25.8 Å². The molecule has 5 nitrogen and oxygen atoms in total. The van der Waals surface area contributed by atoms with Crippen molar-refractivity contribution in [2.24, 2.45) is 0 Å². The van der Waals surface area contributed by atoms with Crippen LogP contribution in [0.4, 0.5) is 22.7 Å². The molecule has 0 unspecified atom stereocenters. The monoisotopic (exact) mass is 1050 g/mol. The van der Waals surface area contributed by atoms with Crippen LogP contribution in [0.3, 0.4) is 0 Å². The Bertz CT molecular complexity index is 3570. The van der Waals surface area contributed by atoms with Crippen LogP contribution in [-0.4, -0.2) is 9.55 Å². The van der Waals surface area contributed by atoms with Gasteiger partial charge in [-0.1, -0.05) is 175 Å². The molecule has 1 aliphatic carbocycles. The number of anilines is 4. The number of benzene rings is 9. The fourth-order valence-electron chi connectivity index (χ4n) is 10.7. The van der Waals surface area contributed by atoms with Gasteiger partial charge in [0.25, 0.3) is 0 Å². The Morgan fingerprint density at radius 2 is 1.10 bits per heavy atom. The van der Waals surface area contributed by atoms with Crippen molar-refractivity contribution in [1.82, 2.24) is 9.55 Å². The van der Waals surface area contributed by atoms with Crippen LogP contribution in [0.15, 0.2) is 225 Å². The van der Waals surface area contributed by atoms with Crippen LogP contribution in [0, 0.1) is 25.7 Å². The number of fused-ring (bicyclic) bond motifs is 1. The molecule has 13 rings (SSSR count). The summed E-state index contributed by atoms with van der Waals surface area (Å²) in [5.74, 6) is 2.02. The molecule has 0 spiro atoms. The van der Waals surface area contributed by atoms with Gasteiger partial charge in [0.2, 0.25) is 0 Å². The molecule has 9 aromatic carbocycles. The van der Waals surface area contributed by atoms with Crippen molar-refractivity contribution in [3.63, 3.8) is 0 Å². The van der Waals surface area contributed by atoms with Gasteiger partial charge in [0, 0.05) is 77.9 Å². The molecule has 0 fully saturated rings. The minimum Gasteiger partial charge on any atom is -0.509 e. The molecule has 0 atom stereocenters. The zero-order valence-corrected chi connectivity index (χ0v) is 39.2. The fraction of sp³-hybridized carbons (Fsp3) is 0.0323. The molecule has 0 N–H and O–H groups in total. The van der Waals surface area contributed by atoms with Crippen molar-refractivity contribution in [2.45, 2.75) is 12.3 Å². The average Bonchev–Trinajstić information content (AvgIpc) is 4.04. The normalized spacial score (nSPS) is 13.2. The maximum Gasteiger partial charge on any atom is 0.135 e. The van der Waals surface area contributed by atoms with Gasteiger partial charge in [-0.3, -0.25) is 0 Å². The first-order valence-corrected chi connectivity index (χ1v) is 22.7. The van der Waals surface area contributed by atoms with E-state index in [9.17, 15) is 0 Å². The van der Waals surface area contributed by atoms with Gasteiger partial charge in [-0.25, -0.2) is 4.98 Å². The molecule has 0 amide bonds. The average molecular weight is 1050 g/mol. The Labute approximate surface area is 410 Å². The molecule has 2 aliphatic rings. The summed E-state index contributed by atoms with van der Waals surface area (Å²) >= 11 is 0. The zero-order valence-electron chi connectivity index (χ0n) is 37.0. The van der Waals surface area contributed by atoms with Crippen LogP contribution < -0.4 is 14.5 Å². The van der Waals surface area contributed by atoms with Crippen LogP contribution in [0.1, 0.15) is 27.8 Å². The number of nitrogens with zero attached hydrogens (tertiary/aromatic N) is 4. The van der Waals surface area contributed by atoms with E-state index in [2.05, 4.69) is 240 Å². The van der Waals surface area contributed by atoms with Crippen molar-refractivity contribution in [3.8, 4) is 39.6 Å². The Morgan fingerprint density at radius 3 is 1.75 bits per heavy atom. The predicted molar refractivity (Wildman–Crippen MR) is 272 cm³/mol. The molecule has 68 heavy (non-hydrogen) atoms. The molecule has 1 aliphatic heterocycles. The standard InChI is InChI=1S/C62H41N4O.Pt/c1-42-35-36-63-58(37-42)66-56-34-18-31-52-59(56)60-53(62(52,45-23-10-4-11-24-45)46-25-12-5-13-26-46)39-49(40-57(60)66)67-48-28-16-27-47(38-48)64-41-65(55-33-15-14-32-54(55)64)61-50(43-19-6-2-7-20-43)29-17-30-51(61)44-21-8-3-9-22-44;/h2-37,39,41H,1H3;/q-3;. The minimum atomic E-state index is -0.616. The van der Waals surface area contributed by atoms with Gasteiger partial charge in [-0.15, -0.1) is 48.3 Å². The first kappa shape index (κ1) is 41.4. The summed E-state index contributed by atoms with van der Waals surface area (Å²) in [4.78, 5) is 9.46. The van der Waals surface area contributed by atoms with E-state index in [0.29, 0.717) is 11.5 Å². The molecule has 11 aromatic rings. The number of para-hydroxylation sites is 3. The molecule has 6 heteroatoms. The second-order valence-electron chi connectivity index (χ2n) is 17.3. The summed E-state index contributed by atoms with van der Waals surface area (Å²) in [5, 5.41) is 2.36. The van der Waals surface area contributed by atoms with Crippen LogP contribution >= 0.6 is 0 Å². The van der Waals surface area contributed by atoms with E-state index in [1.807, 2.05) is 24.4 Å². The summed E-state index contributed by atoms with van der Waals surface area (Å²) in [6.45, 7) is 4.30. The molecule has 0 saturated heterocycles. The zero-order chi connectivity index (χ0) is 44.5. The minimum absolute atomic E-state index is 0. The van der Waals surface area contributed by atoms with Gasteiger partial charge in [-0.05, 0) is 76.0 Å². The third kappa shape index (κ3) is 6.45. The molecule has 328 valence electrons. The van der Waals surface area contributed by atoms with Gasteiger partial charge >= 0.3 is 0 Å². The third-order valence-corrected chi connectivity index (χ3v) is 13.4. The van der Waals surface area contributed by atoms with Crippen molar-refractivity contribution >= 4 is 44.6 Å². The quantitative estimate of drug-likeness (QED) is 0.135. The predicted octanol–water partition coefficient (Wildman–Crippen LogP) is 15.3. The summed E-state index contributed by atoms with van der Waals surface area (Å²) in [5.41, 5.74) is 15.9. The molecular formula is C62H41N4OPt-3. The van der Waals surface area contributed by atoms with E-state index in [4.69, 9.17) is 9.72 Å². The maximum atomic E-state index is 7.05. The number of ether oxygens (including phenoxy) is 1. The van der Waals surface area contributed by atoms with Crippen LogP contribution in [0.25, 0.3) is 49.9 Å². The van der Waals surface area contributed by atoms with E-state index in [0.717, 1.165) is 78.4 Å². The molecule has 0 radical (unpaired) electrons. The van der Waals surface area contributed by atoms with Crippen molar-refractivity contribution in [3.05, 3.63) is 271 Å². The Hall–Kier alpha value is -7.98. The van der Waals surface area contributed by atoms with Crippen LogP contribution in [0.5, 0.6) is 11.5 Å². The topological polar surface area (TPSA) is 33.5 Å². The number of aryl methyl sites for hydroxylation is 1. The Morgan fingerprint density at radius 1 is 0.515 bits per heavy atom. The van der Waals surface area contributed by atoms with Gasteiger partial charge in [0.1, 0.15) is 5.82 Å². The first-order chi connectivity index (χ1) is 33.1. The second kappa shape index (κ2) is 16.7. The maximum absolute atomic E-state index is 7.05. The van der Waals surface area contributed by atoms with Crippen molar-refractivity contribution in [1.29, 1.82) is 0 Å². The molecule has 3 heterocycles. The van der Waals surface area contributed by atoms with Crippen LogP contribution in [0.2, 0.25) is 0 Å². The first-order valence-electron chi connectivity index (χ1n) is 22.7. The SMILES string of the molecule is Cc1ccnc(-n2c3[c-]c(Oc4[c-]c(N5[CH-]N(c6c(-c7ccccc7)cccc6-c6ccccc6)c6ccccc65)ccc4)cc4c3c3c(cccc32)C4(c2ccccc2)c2ccccc2)c1.[Pt]. The van der Waals surface area contributed by atoms with Crippen molar-refractivity contribution in [2.75, 3.05) is 9.80 Å². The van der Waals surface area contributed by atoms with E-state index < -0.39 is 5.41 Å². The number of hydrogen-bond donors (Lipinski definition) is 0. The van der Waals surface area contributed by atoms with Gasteiger partial charge in [0.05, 0.1) is 0 Å². The number of aromatic nitrogens is 2. The number of pyridine rings is 1. The largest absolute Gasteiger partial charge is 0.509 e. The van der Waals surface area contributed by atoms with E-state index in [1.165, 1.54) is 22.1 Å². The Balaban J connectivity index is 0.00000480. The smallest absolute Gasteiger partial charge is 0.135 e. The number of hydrogen-bond acceptors (Lipinski definition) is 4. The van der Waals surface area contributed by atoms with Gasteiger partial charge in [-0.2, -0.15) is 6.07 Å². The molecular weight excluding hydrogens is 1010 g/mol. The summed E-state index contributed by atoms with van der Waals surface area (Å²) in [6, 6.07) is 84.9. The Kier molecular flexibility index (Phi) is 10.2. The summed E-state index contributed by atoms with van der Waals surface area (Å²) < 4.78 is 9.29. The second-order valence-corrected chi connectivity index (χ2v) is 17.3. The third-order valence-electron chi connectivity index (χ3n) is 13.4. The molecule has 0 saturated carbocycles. The number of rotatable bonds is 9.